The summed E-state index contributed by atoms with van der Waals surface area (Å²) in [7, 11) is 0. The lowest BCUT2D eigenvalue weighted by Crippen LogP contribution is -2.10. The van der Waals surface area contributed by atoms with Gasteiger partial charge in [-0.1, -0.05) is 60.1 Å². The maximum atomic E-state index is 6.26. The van der Waals surface area contributed by atoms with Crippen molar-refractivity contribution in [2.24, 2.45) is 0 Å². The Morgan fingerprint density at radius 3 is 2.38 bits per heavy atom. The van der Waals surface area contributed by atoms with Crippen molar-refractivity contribution >= 4 is 34.8 Å². The van der Waals surface area contributed by atoms with Crippen LogP contribution < -0.4 is 4.74 Å². The van der Waals surface area contributed by atoms with Crippen molar-refractivity contribution in [3.05, 3.63) is 94.3 Å². The number of rotatable bonds is 6. The van der Waals surface area contributed by atoms with Crippen LogP contribution in [-0.4, -0.2) is 16.2 Å². The highest BCUT2D eigenvalue weighted by Gasteiger charge is 2.09. The fourth-order valence-electron chi connectivity index (χ4n) is 3.44. The topological polar surface area (TPSA) is 27.1 Å². The van der Waals surface area contributed by atoms with E-state index in [0.717, 1.165) is 44.3 Å². The van der Waals surface area contributed by atoms with Gasteiger partial charge in [-0.05, 0) is 60.9 Å². The average molecular weight is 403 g/mol. The zero-order chi connectivity index (χ0) is 20.2. The van der Waals surface area contributed by atoms with E-state index in [1.165, 1.54) is 0 Å². The maximum absolute atomic E-state index is 6.26. The zero-order valence-electron chi connectivity index (χ0n) is 16.6. The molecule has 0 bridgehead atoms. The molecule has 146 valence electrons. The summed E-state index contributed by atoms with van der Waals surface area (Å²) in [5, 5.41) is 0.797. The number of benzene rings is 3. The minimum absolute atomic E-state index is 0.549. The first kappa shape index (κ1) is 19.3. The van der Waals surface area contributed by atoms with Gasteiger partial charge in [-0.25, -0.2) is 4.98 Å². The number of fused-ring (bicyclic) bond motifs is 1. The Bertz CT molecular complexity index is 1140. The Kier molecular flexibility index (Phi) is 5.68. The summed E-state index contributed by atoms with van der Waals surface area (Å²) >= 11 is 6.26. The third-order valence-electron chi connectivity index (χ3n) is 4.90. The number of aromatic nitrogens is 2. The van der Waals surface area contributed by atoms with Gasteiger partial charge in [0.1, 0.15) is 18.2 Å². The molecule has 0 saturated heterocycles. The van der Waals surface area contributed by atoms with Gasteiger partial charge in [-0.15, -0.1) is 0 Å². The van der Waals surface area contributed by atoms with E-state index in [4.69, 9.17) is 21.3 Å². The highest BCUT2D eigenvalue weighted by atomic mass is 35.5. The largest absolute Gasteiger partial charge is 0.492 e. The molecule has 29 heavy (non-hydrogen) atoms. The molecule has 0 unspecified atom stereocenters. The molecule has 0 radical (unpaired) electrons. The Morgan fingerprint density at radius 1 is 0.931 bits per heavy atom. The van der Waals surface area contributed by atoms with Gasteiger partial charge in [0.25, 0.3) is 0 Å². The van der Waals surface area contributed by atoms with E-state index in [9.17, 15) is 0 Å². The predicted molar refractivity (Wildman–Crippen MR) is 122 cm³/mol. The van der Waals surface area contributed by atoms with Crippen molar-refractivity contribution in [2.75, 3.05) is 6.61 Å². The Labute approximate surface area is 176 Å². The number of halogens is 1. The van der Waals surface area contributed by atoms with E-state index in [0.29, 0.717) is 13.2 Å². The van der Waals surface area contributed by atoms with Gasteiger partial charge in [0.15, 0.2) is 0 Å². The van der Waals surface area contributed by atoms with E-state index < -0.39 is 0 Å². The fourth-order valence-corrected chi connectivity index (χ4v) is 3.54. The van der Waals surface area contributed by atoms with Crippen LogP contribution in [0.3, 0.4) is 0 Å². The van der Waals surface area contributed by atoms with Crippen LogP contribution in [0.15, 0.2) is 66.7 Å². The summed E-state index contributed by atoms with van der Waals surface area (Å²) in [6, 6.07) is 22.4. The van der Waals surface area contributed by atoms with Gasteiger partial charge < -0.3 is 9.30 Å². The van der Waals surface area contributed by atoms with E-state index >= 15 is 0 Å². The highest BCUT2D eigenvalue weighted by molar-refractivity contribution is 6.32. The number of hydrogen-bond donors (Lipinski definition) is 0. The molecule has 0 N–H and O–H groups in total. The van der Waals surface area contributed by atoms with Gasteiger partial charge in [0.05, 0.1) is 17.6 Å². The lowest BCUT2D eigenvalue weighted by Gasteiger charge is -2.12. The fraction of sp³-hybridized carbons (Fsp3) is 0.160. The predicted octanol–water partition coefficient (Wildman–Crippen LogP) is 6.56. The normalized spacial score (nSPS) is 11.4. The van der Waals surface area contributed by atoms with Crippen molar-refractivity contribution < 1.29 is 4.74 Å². The summed E-state index contributed by atoms with van der Waals surface area (Å²) < 4.78 is 8.23. The minimum Gasteiger partial charge on any atom is -0.492 e. The van der Waals surface area contributed by atoms with Gasteiger partial charge in [0.2, 0.25) is 0 Å². The van der Waals surface area contributed by atoms with E-state index in [1.54, 1.807) is 0 Å². The number of imidazole rings is 1. The Morgan fingerprint density at radius 2 is 1.62 bits per heavy atom. The van der Waals surface area contributed by atoms with E-state index in [1.807, 2.05) is 62.4 Å². The first-order valence-electron chi connectivity index (χ1n) is 9.70. The quantitative estimate of drug-likeness (QED) is 0.365. The van der Waals surface area contributed by atoms with Gasteiger partial charge >= 0.3 is 0 Å². The first-order valence-corrected chi connectivity index (χ1v) is 10.1. The maximum Gasteiger partial charge on any atom is 0.133 e. The smallest absolute Gasteiger partial charge is 0.133 e. The molecule has 0 saturated carbocycles. The van der Waals surface area contributed by atoms with Gasteiger partial charge in [-0.3, -0.25) is 0 Å². The zero-order valence-corrected chi connectivity index (χ0v) is 17.4. The molecule has 3 nitrogen and oxygen atoms in total. The molecule has 3 aromatic carbocycles. The van der Waals surface area contributed by atoms with Crippen LogP contribution in [-0.2, 0) is 6.54 Å². The van der Waals surface area contributed by atoms with Crippen LogP contribution in [0.5, 0.6) is 5.75 Å². The molecule has 0 aliphatic rings. The Balaban J connectivity index is 1.57. The standard InChI is InChI=1S/C25H23ClN2O/c1-18-16-21(17-19(2)25(18)26)29-15-14-28-23-11-7-6-10-22(23)27-24(28)13-12-20-8-4-3-5-9-20/h3-13,16-17H,14-15H2,1-2H3/b13-12+. The molecule has 1 aromatic heterocycles. The molecule has 0 atom stereocenters. The molecule has 0 amide bonds. The third-order valence-corrected chi connectivity index (χ3v) is 5.50. The van der Waals surface area contributed by atoms with Crippen molar-refractivity contribution in [1.29, 1.82) is 0 Å². The summed E-state index contributed by atoms with van der Waals surface area (Å²) in [6.07, 6.45) is 4.15. The molecule has 0 aliphatic carbocycles. The molecule has 0 aliphatic heterocycles. The van der Waals surface area contributed by atoms with Crippen molar-refractivity contribution in [3.8, 4) is 5.75 Å². The summed E-state index contributed by atoms with van der Waals surface area (Å²) in [4.78, 5) is 4.80. The number of para-hydroxylation sites is 2. The second-order valence-corrected chi connectivity index (χ2v) is 7.45. The van der Waals surface area contributed by atoms with E-state index in [2.05, 4.69) is 34.9 Å². The summed E-state index contributed by atoms with van der Waals surface area (Å²) in [5.41, 5.74) is 5.29. The molecular weight excluding hydrogens is 380 g/mol. The molecule has 1 heterocycles. The van der Waals surface area contributed by atoms with Crippen LogP contribution in [0.1, 0.15) is 22.5 Å². The number of ether oxygens (including phenoxy) is 1. The van der Waals surface area contributed by atoms with Crippen LogP contribution in [0.2, 0.25) is 5.02 Å². The summed E-state index contributed by atoms with van der Waals surface area (Å²) in [6.45, 7) is 5.25. The SMILES string of the molecule is Cc1cc(OCCn2c(/C=C/c3ccccc3)nc3ccccc32)cc(C)c1Cl. The average Bonchev–Trinajstić information content (AvgIpc) is 3.09. The van der Waals surface area contributed by atoms with Crippen LogP contribution >= 0.6 is 11.6 Å². The number of aryl methyl sites for hydroxylation is 2. The first-order chi connectivity index (χ1) is 14.1. The van der Waals surface area contributed by atoms with Crippen molar-refractivity contribution in [3.63, 3.8) is 0 Å². The second-order valence-electron chi connectivity index (χ2n) is 7.07. The van der Waals surface area contributed by atoms with Crippen LogP contribution in [0, 0.1) is 13.8 Å². The Hall–Kier alpha value is -3.04. The second kappa shape index (κ2) is 8.54. The molecular formula is C25H23ClN2O. The monoisotopic (exact) mass is 402 g/mol. The van der Waals surface area contributed by atoms with Crippen molar-refractivity contribution in [1.82, 2.24) is 9.55 Å². The van der Waals surface area contributed by atoms with Gasteiger partial charge in [0, 0.05) is 5.02 Å². The number of hydrogen-bond acceptors (Lipinski definition) is 2. The lowest BCUT2D eigenvalue weighted by molar-refractivity contribution is 0.299. The van der Waals surface area contributed by atoms with E-state index in [-0.39, 0.29) is 0 Å². The lowest BCUT2D eigenvalue weighted by atomic mass is 10.1. The molecule has 4 aromatic rings. The number of nitrogens with zero attached hydrogens (tertiary/aromatic N) is 2. The highest BCUT2D eigenvalue weighted by Crippen LogP contribution is 2.26. The molecule has 4 rings (SSSR count). The minimum atomic E-state index is 0.549. The molecule has 0 fully saturated rings. The summed E-state index contributed by atoms with van der Waals surface area (Å²) in [5.74, 6) is 1.76. The van der Waals surface area contributed by atoms with Crippen LogP contribution in [0.4, 0.5) is 0 Å². The van der Waals surface area contributed by atoms with Gasteiger partial charge in [-0.2, -0.15) is 0 Å². The molecule has 0 spiro atoms. The van der Waals surface area contributed by atoms with Crippen molar-refractivity contribution in [2.45, 2.75) is 20.4 Å². The third kappa shape index (κ3) is 4.36. The van der Waals surface area contributed by atoms with Crippen LogP contribution in [0.25, 0.3) is 23.2 Å². The molecule has 4 heteroatoms.